The van der Waals surface area contributed by atoms with Crippen LogP contribution in [0, 0.1) is 6.92 Å². The fourth-order valence-electron chi connectivity index (χ4n) is 2.15. The number of pyridine rings is 1. The Morgan fingerprint density at radius 2 is 1.96 bits per heavy atom. The van der Waals surface area contributed by atoms with Gasteiger partial charge < -0.3 is 15.2 Å². The summed E-state index contributed by atoms with van der Waals surface area (Å²) >= 11 is 1.44. The number of aromatic amines is 1. The number of nitrogens with zero attached hydrogens (tertiary/aromatic N) is 2. The second kappa shape index (κ2) is 7.75. The maximum absolute atomic E-state index is 12.3. The number of hydrogen-bond donors (Lipinski definition) is 1. The van der Waals surface area contributed by atoms with Crippen molar-refractivity contribution in [2.24, 2.45) is 0 Å². The Kier molecular flexibility index (Phi) is 5.91. The third kappa shape index (κ3) is 4.86. The van der Waals surface area contributed by atoms with Gasteiger partial charge in [0, 0.05) is 17.5 Å². The van der Waals surface area contributed by atoms with Gasteiger partial charge in [-0.25, -0.2) is 4.98 Å². The van der Waals surface area contributed by atoms with Gasteiger partial charge in [-0.3, -0.25) is 4.98 Å². The zero-order chi connectivity index (χ0) is 17.2. The topological polar surface area (TPSA) is 82.3 Å². The van der Waals surface area contributed by atoms with Crippen LogP contribution in [-0.2, 0) is 5.75 Å². The lowest BCUT2D eigenvalue weighted by Crippen LogP contribution is -2.19. The molecule has 0 atom stereocenters. The highest BCUT2D eigenvalue weighted by Crippen LogP contribution is 2.28. The van der Waals surface area contributed by atoms with Crippen LogP contribution in [0.3, 0.4) is 0 Å². The molecule has 9 heteroatoms. The Labute approximate surface area is 145 Å². The molecule has 0 aliphatic carbocycles. The maximum atomic E-state index is 12.3. The summed E-state index contributed by atoms with van der Waals surface area (Å²) in [7, 11) is 0. The summed E-state index contributed by atoms with van der Waals surface area (Å²) in [6.45, 7) is 0.390. The van der Waals surface area contributed by atoms with Crippen LogP contribution in [0.2, 0.25) is 0 Å². The van der Waals surface area contributed by atoms with Gasteiger partial charge in [0.05, 0.1) is 16.7 Å². The van der Waals surface area contributed by atoms with Crippen LogP contribution in [-0.4, -0.2) is 33.2 Å². The Morgan fingerprint density at radius 3 is 2.68 bits per heavy atom. The van der Waals surface area contributed by atoms with Crippen molar-refractivity contribution in [1.82, 2.24) is 15.0 Å². The van der Waals surface area contributed by atoms with E-state index in [1.807, 2.05) is 24.3 Å². The first-order chi connectivity index (χ1) is 11.4. The molecule has 25 heavy (non-hydrogen) atoms. The van der Waals surface area contributed by atoms with Crippen LogP contribution in [0.5, 0.6) is 5.75 Å². The zero-order valence-corrected chi connectivity index (χ0v) is 14.0. The van der Waals surface area contributed by atoms with Crippen LogP contribution >= 0.6 is 11.8 Å². The predicted octanol–water partition coefficient (Wildman–Crippen LogP) is 3.68. The molecule has 3 N–H and O–H groups in total. The Hall–Kier alpha value is -2.26. The Morgan fingerprint density at radius 1 is 1.20 bits per heavy atom. The zero-order valence-electron chi connectivity index (χ0n) is 13.2. The highest BCUT2D eigenvalue weighted by atomic mass is 32.2. The summed E-state index contributed by atoms with van der Waals surface area (Å²) in [6.07, 6.45) is -2.91. The number of rotatable bonds is 5. The van der Waals surface area contributed by atoms with Crippen molar-refractivity contribution in [2.45, 2.75) is 24.0 Å². The summed E-state index contributed by atoms with van der Waals surface area (Å²) in [6, 6.07) is 9.11. The van der Waals surface area contributed by atoms with E-state index in [-0.39, 0.29) is 11.2 Å². The number of ether oxygens (including phenoxy) is 1. The molecule has 0 fully saturated rings. The molecule has 0 unspecified atom stereocenters. The van der Waals surface area contributed by atoms with Crippen molar-refractivity contribution in [3.8, 4) is 5.75 Å². The van der Waals surface area contributed by atoms with Crippen molar-refractivity contribution < 1.29 is 23.4 Å². The van der Waals surface area contributed by atoms with E-state index in [0.717, 1.165) is 16.2 Å². The number of para-hydroxylation sites is 2. The first-order valence-electron chi connectivity index (χ1n) is 7.14. The normalized spacial score (nSPS) is 11.4. The minimum absolute atomic E-state index is 0. The molecule has 0 spiro atoms. The van der Waals surface area contributed by atoms with Crippen LogP contribution in [0.4, 0.5) is 13.2 Å². The highest BCUT2D eigenvalue weighted by molar-refractivity contribution is 7.98. The van der Waals surface area contributed by atoms with Crippen LogP contribution in [0.15, 0.2) is 41.7 Å². The fraction of sp³-hybridized carbons (Fsp3) is 0.250. The summed E-state index contributed by atoms with van der Waals surface area (Å²) in [5.41, 5.74) is 3.07. The minimum atomic E-state index is -4.36. The van der Waals surface area contributed by atoms with Crippen molar-refractivity contribution in [1.29, 1.82) is 0 Å². The standard InChI is InChI=1S/C16H14F3N3OS.H2O/c1-10-13(20-7-6-14(10)23-9-16(17,18)19)8-24-15-21-11-4-2-3-5-12(11)22-15;/h2-7H,8-9H2,1H3,(H,21,22);1H2. The molecular weight excluding hydrogens is 355 g/mol. The fourth-order valence-corrected chi connectivity index (χ4v) is 3.06. The molecule has 134 valence electrons. The second-order valence-corrected chi connectivity index (χ2v) is 6.10. The number of benzene rings is 1. The number of imidazole rings is 1. The SMILES string of the molecule is Cc1c(OCC(F)(F)F)ccnc1CSc1nc2ccccc2[nH]1.O. The Bertz CT molecular complexity index is 819. The number of thioether (sulfide) groups is 1. The predicted molar refractivity (Wildman–Crippen MR) is 89.8 cm³/mol. The van der Waals surface area contributed by atoms with E-state index in [1.54, 1.807) is 6.92 Å². The molecular formula is C16H16F3N3O2S. The largest absolute Gasteiger partial charge is 0.484 e. The lowest BCUT2D eigenvalue weighted by Gasteiger charge is -2.13. The summed E-state index contributed by atoms with van der Waals surface area (Å²) in [5, 5.41) is 0.735. The van der Waals surface area contributed by atoms with Gasteiger partial charge >= 0.3 is 6.18 Å². The van der Waals surface area contributed by atoms with Crippen LogP contribution < -0.4 is 4.74 Å². The van der Waals surface area contributed by atoms with Gasteiger partial charge in [-0.1, -0.05) is 23.9 Å². The van der Waals surface area contributed by atoms with Gasteiger partial charge in [0.2, 0.25) is 0 Å². The molecule has 0 radical (unpaired) electrons. The average molecular weight is 371 g/mol. The van der Waals surface area contributed by atoms with Crippen molar-refractivity contribution >= 4 is 22.8 Å². The number of fused-ring (bicyclic) bond motifs is 1. The first-order valence-corrected chi connectivity index (χ1v) is 8.12. The molecule has 0 bridgehead atoms. The number of halogens is 3. The molecule has 0 aliphatic heterocycles. The van der Waals surface area contributed by atoms with Crippen molar-refractivity contribution in [3.63, 3.8) is 0 Å². The molecule has 3 rings (SSSR count). The molecule has 0 amide bonds. The van der Waals surface area contributed by atoms with Crippen LogP contribution in [0.25, 0.3) is 11.0 Å². The molecule has 0 saturated heterocycles. The van der Waals surface area contributed by atoms with Gasteiger partial charge in [-0.2, -0.15) is 13.2 Å². The van der Waals surface area contributed by atoms with E-state index in [1.165, 1.54) is 24.0 Å². The van der Waals surface area contributed by atoms with E-state index < -0.39 is 12.8 Å². The summed E-state index contributed by atoms with van der Waals surface area (Å²) in [5.74, 6) is 0.678. The van der Waals surface area contributed by atoms with Crippen LogP contribution in [0.1, 0.15) is 11.3 Å². The molecule has 1 aromatic carbocycles. The van der Waals surface area contributed by atoms with Gasteiger partial charge in [0.25, 0.3) is 0 Å². The van der Waals surface area contributed by atoms with Gasteiger partial charge in [0.1, 0.15) is 5.75 Å². The van der Waals surface area contributed by atoms with Gasteiger partial charge in [-0.15, -0.1) is 0 Å². The lowest BCUT2D eigenvalue weighted by molar-refractivity contribution is -0.153. The minimum Gasteiger partial charge on any atom is -0.484 e. The number of hydrogen-bond acceptors (Lipinski definition) is 4. The van der Waals surface area contributed by atoms with E-state index in [2.05, 4.69) is 15.0 Å². The highest BCUT2D eigenvalue weighted by Gasteiger charge is 2.28. The first kappa shape index (κ1) is 19.1. The monoisotopic (exact) mass is 371 g/mol. The number of nitrogens with one attached hydrogen (secondary N) is 1. The van der Waals surface area contributed by atoms with Crippen molar-refractivity contribution in [2.75, 3.05) is 6.61 Å². The average Bonchev–Trinajstić information content (AvgIpc) is 2.95. The molecule has 5 nitrogen and oxygen atoms in total. The Balaban J connectivity index is 0.00000225. The number of alkyl halides is 3. The maximum Gasteiger partial charge on any atom is 0.422 e. The third-order valence-electron chi connectivity index (χ3n) is 3.36. The number of H-pyrrole nitrogens is 1. The molecule has 2 heterocycles. The van der Waals surface area contributed by atoms with Crippen molar-refractivity contribution in [3.05, 3.63) is 47.8 Å². The number of aromatic nitrogens is 3. The molecule has 0 aliphatic rings. The molecule has 2 aromatic heterocycles. The summed E-state index contributed by atoms with van der Waals surface area (Å²) in [4.78, 5) is 11.9. The lowest BCUT2D eigenvalue weighted by atomic mass is 10.2. The van der Waals surface area contributed by atoms with Gasteiger partial charge in [-0.05, 0) is 25.1 Å². The van der Waals surface area contributed by atoms with E-state index in [4.69, 9.17) is 4.74 Å². The molecule has 3 aromatic rings. The quantitative estimate of drug-likeness (QED) is 0.694. The van der Waals surface area contributed by atoms with Gasteiger partial charge in [0.15, 0.2) is 11.8 Å². The summed E-state index contributed by atoms with van der Waals surface area (Å²) < 4.78 is 41.7. The van der Waals surface area contributed by atoms with E-state index >= 15 is 0 Å². The smallest absolute Gasteiger partial charge is 0.422 e. The second-order valence-electron chi connectivity index (χ2n) is 5.13. The third-order valence-corrected chi connectivity index (χ3v) is 4.25. The van der Waals surface area contributed by atoms with E-state index in [0.29, 0.717) is 17.0 Å². The molecule has 0 saturated carbocycles. The van der Waals surface area contributed by atoms with E-state index in [9.17, 15) is 13.2 Å².